The molecule has 3 amide bonds. The van der Waals surface area contributed by atoms with Crippen molar-refractivity contribution in [3.05, 3.63) is 23.8 Å². The first-order valence-electron chi connectivity index (χ1n) is 8.98. The van der Waals surface area contributed by atoms with Gasteiger partial charge in [-0.1, -0.05) is 11.2 Å². The molecule has 3 heterocycles. The van der Waals surface area contributed by atoms with Crippen molar-refractivity contribution in [1.82, 2.24) is 20.7 Å². The highest BCUT2D eigenvalue weighted by atomic mass is 35.5. The Kier molecular flexibility index (Phi) is 5.69. The van der Waals surface area contributed by atoms with Crippen LogP contribution in [0.4, 0.5) is 10.6 Å². The quantitative estimate of drug-likeness (QED) is 0.827. The topological polar surface area (TPSA) is 90.7 Å². The molecule has 2 fully saturated rings. The SMILES string of the molecule is C[C@H]1CN(Cc2ccc3onc(N4CCC(=O)NC4=O)c3c2)[C@@H](C)CN1.Cl. The number of piperazine rings is 1. The van der Waals surface area contributed by atoms with Crippen molar-refractivity contribution in [3.63, 3.8) is 0 Å². The Balaban J connectivity index is 0.00000210. The summed E-state index contributed by atoms with van der Waals surface area (Å²) in [7, 11) is 0. The number of carbonyl (C=O) groups is 2. The molecule has 27 heavy (non-hydrogen) atoms. The van der Waals surface area contributed by atoms with Crippen molar-refractivity contribution in [2.24, 2.45) is 0 Å². The number of nitrogens with zero attached hydrogens (tertiary/aromatic N) is 3. The Morgan fingerprint density at radius 3 is 2.89 bits per heavy atom. The molecule has 4 rings (SSSR count). The minimum absolute atomic E-state index is 0. The molecule has 0 radical (unpaired) electrons. The number of urea groups is 1. The number of imide groups is 1. The number of carbonyl (C=O) groups excluding carboxylic acids is 2. The van der Waals surface area contributed by atoms with Crippen molar-refractivity contribution < 1.29 is 14.1 Å². The van der Waals surface area contributed by atoms with Crippen LogP contribution in [0.3, 0.4) is 0 Å². The fourth-order valence-corrected chi connectivity index (χ4v) is 3.58. The highest BCUT2D eigenvalue weighted by molar-refractivity contribution is 6.08. The molecule has 0 saturated carbocycles. The Hall–Kier alpha value is -2.16. The number of amides is 3. The van der Waals surface area contributed by atoms with Crippen molar-refractivity contribution >= 4 is 41.1 Å². The molecule has 1 aromatic carbocycles. The average molecular weight is 394 g/mol. The second-order valence-corrected chi connectivity index (χ2v) is 7.18. The smallest absolute Gasteiger partial charge is 0.329 e. The molecule has 146 valence electrons. The molecular formula is C18H24ClN5O3. The number of rotatable bonds is 3. The van der Waals surface area contributed by atoms with Gasteiger partial charge in [0.1, 0.15) is 0 Å². The molecule has 0 bridgehead atoms. The van der Waals surface area contributed by atoms with Gasteiger partial charge >= 0.3 is 6.03 Å². The van der Waals surface area contributed by atoms with Gasteiger partial charge < -0.3 is 9.84 Å². The summed E-state index contributed by atoms with van der Waals surface area (Å²) in [5.41, 5.74) is 1.78. The van der Waals surface area contributed by atoms with E-state index in [9.17, 15) is 9.59 Å². The van der Waals surface area contributed by atoms with Crippen LogP contribution in [0.1, 0.15) is 25.8 Å². The number of hydrogen-bond donors (Lipinski definition) is 2. The summed E-state index contributed by atoms with van der Waals surface area (Å²) < 4.78 is 5.38. The Morgan fingerprint density at radius 1 is 1.30 bits per heavy atom. The van der Waals surface area contributed by atoms with Crippen molar-refractivity contribution in [3.8, 4) is 0 Å². The van der Waals surface area contributed by atoms with E-state index in [-0.39, 0.29) is 24.7 Å². The minimum atomic E-state index is -0.452. The van der Waals surface area contributed by atoms with Crippen molar-refractivity contribution in [2.45, 2.75) is 38.9 Å². The lowest BCUT2D eigenvalue weighted by Gasteiger charge is -2.37. The standard InChI is InChI=1S/C18H23N5O3.ClH/c1-11-9-22(12(2)8-19-11)10-13-3-4-15-14(7-13)17(21-26-15)23-6-5-16(24)20-18(23)25;/h3-4,7,11-12,19H,5-6,8-10H2,1-2H3,(H,20,24,25);1H/t11-,12-;/m0./s1. The number of nitrogens with one attached hydrogen (secondary N) is 2. The zero-order valence-electron chi connectivity index (χ0n) is 15.4. The van der Waals surface area contributed by atoms with E-state index in [2.05, 4.69) is 34.5 Å². The second-order valence-electron chi connectivity index (χ2n) is 7.18. The first-order valence-corrected chi connectivity index (χ1v) is 8.98. The molecule has 2 N–H and O–H groups in total. The van der Waals surface area contributed by atoms with Gasteiger partial charge in [-0.15, -0.1) is 12.4 Å². The number of aromatic nitrogens is 1. The van der Waals surface area contributed by atoms with E-state index < -0.39 is 6.03 Å². The summed E-state index contributed by atoms with van der Waals surface area (Å²) in [6, 6.07) is 6.44. The zero-order valence-corrected chi connectivity index (χ0v) is 16.2. The predicted octanol–water partition coefficient (Wildman–Crippen LogP) is 1.88. The molecule has 2 aromatic rings. The lowest BCUT2D eigenvalue weighted by Crippen LogP contribution is -2.53. The van der Waals surface area contributed by atoms with Crippen molar-refractivity contribution in [1.29, 1.82) is 0 Å². The molecule has 2 aliphatic rings. The van der Waals surface area contributed by atoms with Crippen LogP contribution >= 0.6 is 12.4 Å². The van der Waals surface area contributed by atoms with Gasteiger partial charge in [0.15, 0.2) is 11.4 Å². The van der Waals surface area contributed by atoms with Crippen LogP contribution in [-0.4, -0.2) is 53.7 Å². The average Bonchev–Trinajstić information content (AvgIpc) is 3.01. The van der Waals surface area contributed by atoms with E-state index in [1.54, 1.807) is 0 Å². The zero-order chi connectivity index (χ0) is 18.3. The third-order valence-electron chi connectivity index (χ3n) is 5.10. The van der Waals surface area contributed by atoms with Crippen LogP contribution < -0.4 is 15.5 Å². The number of halogens is 1. The monoisotopic (exact) mass is 393 g/mol. The Morgan fingerprint density at radius 2 is 2.11 bits per heavy atom. The van der Waals surface area contributed by atoms with Crippen LogP contribution in [0.5, 0.6) is 0 Å². The Bertz CT molecular complexity index is 855. The van der Waals surface area contributed by atoms with Gasteiger partial charge in [-0.05, 0) is 31.5 Å². The van der Waals surface area contributed by atoms with Crippen LogP contribution in [0.2, 0.25) is 0 Å². The van der Waals surface area contributed by atoms with Gasteiger partial charge in [-0.2, -0.15) is 0 Å². The van der Waals surface area contributed by atoms with Gasteiger partial charge in [0.05, 0.1) is 5.39 Å². The fraction of sp³-hybridized carbons (Fsp3) is 0.500. The van der Waals surface area contributed by atoms with E-state index in [4.69, 9.17) is 4.52 Å². The van der Waals surface area contributed by atoms with E-state index >= 15 is 0 Å². The maximum absolute atomic E-state index is 12.1. The van der Waals surface area contributed by atoms with Crippen LogP contribution in [0.25, 0.3) is 11.0 Å². The molecular weight excluding hydrogens is 370 g/mol. The fourth-order valence-electron chi connectivity index (χ4n) is 3.58. The number of fused-ring (bicyclic) bond motifs is 1. The third kappa shape index (κ3) is 3.92. The highest BCUT2D eigenvalue weighted by Crippen LogP contribution is 2.29. The molecule has 0 spiro atoms. The highest BCUT2D eigenvalue weighted by Gasteiger charge is 2.28. The molecule has 1 aromatic heterocycles. The largest absolute Gasteiger partial charge is 0.354 e. The van der Waals surface area contributed by atoms with Gasteiger partial charge in [-0.3, -0.25) is 19.9 Å². The molecule has 2 saturated heterocycles. The summed E-state index contributed by atoms with van der Waals surface area (Å²) in [6.45, 7) is 7.52. The Labute approximate surface area is 163 Å². The van der Waals surface area contributed by atoms with E-state index in [1.807, 2.05) is 18.2 Å². The summed E-state index contributed by atoms with van der Waals surface area (Å²) >= 11 is 0. The molecule has 2 aliphatic heterocycles. The first kappa shape index (κ1) is 19.6. The van der Waals surface area contributed by atoms with Crippen LogP contribution in [0, 0.1) is 0 Å². The normalized spacial score (nSPS) is 24.0. The summed E-state index contributed by atoms with van der Waals surface area (Å²) in [5.74, 6) is 0.204. The molecule has 0 aliphatic carbocycles. The predicted molar refractivity (Wildman–Crippen MR) is 104 cm³/mol. The molecule has 0 unspecified atom stereocenters. The summed E-state index contributed by atoms with van der Waals surface area (Å²) in [5, 5.41) is 10.7. The number of anilines is 1. The van der Waals surface area contributed by atoms with Crippen LogP contribution in [0.15, 0.2) is 22.7 Å². The maximum atomic E-state index is 12.1. The molecule has 8 nitrogen and oxygen atoms in total. The minimum Gasteiger partial charge on any atom is -0.354 e. The lowest BCUT2D eigenvalue weighted by atomic mass is 10.1. The number of hydrogen-bond acceptors (Lipinski definition) is 6. The summed E-state index contributed by atoms with van der Waals surface area (Å²) in [6.07, 6.45) is 0.260. The van der Waals surface area contributed by atoms with Crippen LogP contribution in [-0.2, 0) is 11.3 Å². The number of benzene rings is 1. The third-order valence-corrected chi connectivity index (χ3v) is 5.10. The molecule has 2 atom stereocenters. The van der Waals surface area contributed by atoms with Gasteiger partial charge in [0.2, 0.25) is 5.91 Å². The van der Waals surface area contributed by atoms with E-state index in [0.29, 0.717) is 30.0 Å². The maximum Gasteiger partial charge on any atom is 0.329 e. The first-order chi connectivity index (χ1) is 12.5. The van der Waals surface area contributed by atoms with E-state index in [0.717, 1.165) is 30.6 Å². The lowest BCUT2D eigenvalue weighted by molar-refractivity contribution is -0.120. The van der Waals surface area contributed by atoms with Crippen molar-refractivity contribution in [2.75, 3.05) is 24.5 Å². The second kappa shape index (κ2) is 7.84. The van der Waals surface area contributed by atoms with Gasteiger partial charge in [0, 0.05) is 44.7 Å². The van der Waals surface area contributed by atoms with E-state index in [1.165, 1.54) is 4.90 Å². The summed E-state index contributed by atoms with van der Waals surface area (Å²) in [4.78, 5) is 27.4. The van der Waals surface area contributed by atoms with Gasteiger partial charge in [-0.25, -0.2) is 4.79 Å². The molecule has 9 heteroatoms. The van der Waals surface area contributed by atoms with Gasteiger partial charge in [0.25, 0.3) is 0 Å².